The van der Waals surface area contributed by atoms with E-state index in [2.05, 4.69) is 100 Å². The third-order valence-electron chi connectivity index (χ3n) is 16.7. The predicted molar refractivity (Wildman–Crippen MR) is 254 cm³/mol. The Balaban J connectivity index is 0.949. The second-order valence-corrected chi connectivity index (χ2v) is 23.1. The number of H-pyrrole nitrogens is 1. The maximum atomic E-state index is 13.3. The average molecular weight is 920 g/mol. The molecule has 5 fully saturated rings. The van der Waals surface area contributed by atoms with E-state index in [1.54, 1.807) is 0 Å². The molecule has 0 radical (unpaired) electrons. The number of amides is 1. The smallest absolute Gasteiger partial charge is 0.408 e. The summed E-state index contributed by atoms with van der Waals surface area (Å²) >= 11 is 0. The van der Waals surface area contributed by atoms with E-state index in [4.69, 9.17) is 29.8 Å². The van der Waals surface area contributed by atoms with Crippen molar-refractivity contribution in [3.63, 3.8) is 0 Å². The third-order valence-corrected chi connectivity index (χ3v) is 18.9. The molecule has 3 saturated carbocycles. The molecular formula is C51H78N5O8P. The molecule has 1 aromatic heterocycles. The highest BCUT2D eigenvalue weighted by atomic mass is 31.2. The highest BCUT2D eigenvalue weighted by Gasteiger charge is 2.64. The van der Waals surface area contributed by atoms with E-state index < -0.39 is 49.9 Å². The van der Waals surface area contributed by atoms with E-state index in [-0.39, 0.29) is 55.5 Å². The van der Waals surface area contributed by atoms with Gasteiger partial charge in [-0.3, -0.25) is 14.3 Å². The van der Waals surface area contributed by atoms with Gasteiger partial charge in [-0.15, -0.1) is 0 Å². The second kappa shape index (κ2) is 20.7. The van der Waals surface area contributed by atoms with Gasteiger partial charge in [-0.25, -0.2) is 20.8 Å². The van der Waals surface area contributed by atoms with E-state index in [0.717, 1.165) is 55.3 Å². The van der Waals surface area contributed by atoms with Gasteiger partial charge in [-0.05, 0) is 125 Å². The maximum absolute atomic E-state index is 13.3. The summed E-state index contributed by atoms with van der Waals surface area (Å²) in [7, 11) is -1.61. The maximum Gasteiger partial charge on any atom is 0.408 e. The summed E-state index contributed by atoms with van der Waals surface area (Å²) in [4.78, 5) is 45.2. The number of allylic oxidation sites excluding steroid dienone is 1. The molecule has 6 aliphatic rings. The van der Waals surface area contributed by atoms with Gasteiger partial charge in [0.15, 0.2) is 6.23 Å². The Kier molecular flexibility index (Phi) is 15.9. The molecule has 7 rings (SSSR count). The predicted octanol–water partition coefficient (Wildman–Crippen LogP) is 9.77. The summed E-state index contributed by atoms with van der Waals surface area (Å²) in [6.07, 6.45) is 14.9. The molecule has 360 valence electrons. The number of rotatable bonds is 17. The van der Waals surface area contributed by atoms with Gasteiger partial charge in [0.1, 0.15) is 36.1 Å². The number of nitrogens with zero attached hydrogens (tertiary/aromatic N) is 3. The van der Waals surface area contributed by atoms with Gasteiger partial charge in [0.05, 0.1) is 13.2 Å². The largest absolute Gasteiger partial charge is 0.446 e. The number of alkyl carbamates (subject to hydrolysis) is 1. The van der Waals surface area contributed by atoms with Crippen molar-refractivity contribution in [3.8, 4) is 11.8 Å². The van der Waals surface area contributed by atoms with Crippen LogP contribution in [0.4, 0.5) is 4.79 Å². The van der Waals surface area contributed by atoms with E-state index in [0.29, 0.717) is 17.8 Å². The van der Waals surface area contributed by atoms with Crippen LogP contribution in [0.15, 0.2) is 27.4 Å². The van der Waals surface area contributed by atoms with E-state index in [1.807, 2.05) is 6.92 Å². The van der Waals surface area contributed by atoms with Crippen LogP contribution < -0.4 is 16.6 Å². The Morgan fingerprint density at radius 2 is 1.85 bits per heavy atom. The topological polar surface area (TPSA) is 138 Å². The normalized spacial score (nSPS) is 34.6. The van der Waals surface area contributed by atoms with Crippen LogP contribution in [0, 0.1) is 64.8 Å². The Hall–Kier alpha value is -3.03. The standard InChI is InChI=1S/C51H78N5O8P/c1-12-51-31-60-43(44(51)64-65(61-28-27-52-11)56(33(4)5)34(6)7)46(63-51)55-30-36(45(57)54-47(55)58)17-14-26-53-48(59)62-38-22-24-49(9)37(29-38)18-19-39-41-21-20-40(35(8)16-13-15-32(2)3)50(41,10)25-23-42(39)49/h18,30,32-35,38-44,46H,12-13,15-16,19-29,31H2,1-10H3,(H,53,59)(H,54,57,58)/t35?,38-,39-,40+,41-,42-,43-,44?,46+,49-,50+,51-,65?/m0/s1. The molecule has 13 atom stereocenters. The van der Waals surface area contributed by atoms with Gasteiger partial charge in [0.2, 0.25) is 6.54 Å². The van der Waals surface area contributed by atoms with Crippen molar-refractivity contribution in [1.29, 1.82) is 0 Å². The lowest BCUT2D eigenvalue weighted by atomic mass is 9.47. The molecule has 1 aromatic rings. The van der Waals surface area contributed by atoms with Crippen LogP contribution in [0.25, 0.3) is 4.85 Å². The fraction of sp³-hybridized carbons (Fsp3) is 0.804. The Bertz CT molecular complexity index is 2100. The summed E-state index contributed by atoms with van der Waals surface area (Å²) in [6, 6.07) is 0.196. The average Bonchev–Trinajstić information content (AvgIpc) is 3.89. The monoisotopic (exact) mass is 920 g/mol. The summed E-state index contributed by atoms with van der Waals surface area (Å²) in [5, 5.41) is 2.76. The molecule has 2 aliphatic heterocycles. The lowest BCUT2D eigenvalue weighted by molar-refractivity contribution is -0.175. The van der Waals surface area contributed by atoms with Crippen molar-refractivity contribution in [1.82, 2.24) is 19.5 Å². The number of hydrogen-bond acceptors (Lipinski definition) is 9. The number of ether oxygens (including phenoxy) is 3. The van der Waals surface area contributed by atoms with Crippen molar-refractivity contribution in [2.24, 2.45) is 46.3 Å². The molecule has 2 bridgehead atoms. The van der Waals surface area contributed by atoms with E-state index >= 15 is 0 Å². The van der Waals surface area contributed by atoms with Gasteiger partial charge in [-0.2, -0.15) is 0 Å². The minimum Gasteiger partial charge on any atom is -0.446 e. The first-order chi connectivity index (χ1) is 31.0. The molecule has 13 nitrogen and oxygen atoms in total. The summed E-state index contributed by atoms with van der Waals surface area (Å²) in [5.41, 5.74) is -0.0172. The minimum absolute atomic E-state index is 0.0362. The molecule has 3 unspecified atom stereocenters. The molecule has 3 heterocycles. The Labute approximate surface area is 389 Å². The molecule has 14 heteroatoms. The lowest BCUT2D eigenvalue weighted by Gasteiger charge is -2.58. The number of aromatic nitrogens is 2. The molecule has 65 heavy (non-hydrogen) atoms. The Morgan fingerprint density at radius 1 is 1.08 bits per heavy atom. The fourth-order valence-electron chi connectivity index (χ4n) is 13.5. The summed E-state index contributed by atoms with van der Waals surface area (Å²) in [6.45, 7) is 30.6. The zero-order valence-electron chi connectivity index (χ0n) is 41.0. The molecule has 2 N–H and O–H groups in total. The number of aromatic amines is 1. The molecular weight excluding hydrogens is 842 g/mol. The van der Waals surface area contributed by atoms with Crippen LogP contribution in [-0.2, 0) is 23.3 Å². The first kappa shape index (κ1) is 49.9. The van der Waals surface area contributed by atoms with Gasteiger partial charge in [0, 0.05) is 24.7 Å². The van der Waals surface area contributed by atoms with Crippen molar-refractivity contribution >= 4 is 14.6 Å². The van der Waals surface area contributed by atoms with Crippen LogP contribution in [-0.4, -0.2) is 82.6 Å². The second-order valence-electron chi connectivity index (χ2n) is 21.7. The molecule has 0 spiro atoms. The third kappa shape index (κ3) is 10.1. The van der Waals surface area contributed by atoms with E-state index in [1.165, 1.54) is 61.3 Å². The van der Waals surface area contributed by atoms with Crippen LogP contribution in [0.1, 0.15) is 158 Å². The highest BCUT2D eigenvalue weighted by molar-refractivity contribution is 7.44. The summed E-state index contributed by atoms with van der Waals surface area (Å²) < 4.78 is 35.3. The molecule has 1 amide bonds. The number of carbonyl (C=O) groups is 1. The van der Waals surface area contributed by atoms with Crippen molar-refractivity contribution in [3.05, 3.63) is 55.7 Å². The van der Waals surface area contributed by atoms with Gasteiger partial charge in [0.25, 0.3) is 14.1 Å². The molecule has 0 aromatic carbocycles. The first-order valence-electron chi connectivity index (χ1n) is 24.9. The number of nitrogens with one attached hydrogen (secondary N) is 2. The first-order valence-corrected chi connectivity index (χ1v) is 26.1. The van der Waals surface area contributed by atoms with Crippen LogP contribution in [0.5, 0.6) is 0 Å². The SMILES string of the molecule is [C-]#[N+]CCOP(OC1[C@@H]2OC[C@]1(CC)O[C@H]2n1cc(C#CCNC(=O)O[C@H]2CC[C@@]3(C)C(=CC[C@H]4[C@@H]5CC[C@H](C(C)CCCC(C)C)[C@@]5(C)CC[C@@H]43)C2)c(=O)[nH]c1=O)N(C(C)C)C(C)C. The van der Waals surface area contributed by atoms with Crippen molar-refractivity contribution in [2.75, 3.05) is 26.3 Å². The number of carbonyl (C=O) groups excluding carboxylic acids is 1. The lowest BCUT2D eigenvalue weighted by Crippen LogP contribution is -2.51. The highest BCUT2D eigenvalue weighted by Crippen LogP contribution is 2.67. The number of hydrogen-bond donors (Lipinski definition) is 2. The van der Waals surface area contributed by atoms with Crippen molar-refractivity contribution in [2.45, 2.75) is 189 Å². The van der Waals surface area contributed by atoms with Crippen LogP contribution in [0.2, 0.25) is 0 Å². The zero-order chi connectivity index (χ0) is 46.8. The molecule has 2 saturated heterocycles. The van der Waals surface area contributed by atoms with Crippen LogP contribution in [0.3, 0.4) is 0 Å². The molecule has 4 aliphatic carbocycles. The van der Waals surface area contributed by atoms with E-state index in [9.17, 15) is 14.4 Å². The Morgan fingerprint density at radius 3 is 2.55 bits per heavy atom. The fourth-order valence-corrected chi connectivity index (χ4v) is 15.3. The number of fused-ring (bicyclic) bond motifs is 7. The van der Waals surface area contributed by atoms with Gasteiger partial charge >= 0.3 is 11.8 Å². The minimum atomic E-state index is -1.61. The van der Waals surface area contributed by atoms with Gasteiger partial charge < -0.3 is 33.4 Å². The van der Waals surface area contributed by atoms with Crippen LogP contribution >= 0.6 is 8.53 Å². The summed E-state index contributed by atoms with van der Waals surface area (Å²) in [5.74, 6) is 10.4. The quantitative estimate of drug-likeness (QED) is 0.0515. The van der Waals surface area contributed by atoms with Crippen molar-refractivity contribution < 1.29 is 28.1 Å². The zero-order valence-corrected chi connectivity index (χ0v) is 41.8. The van der Waals surface area contributed by atoms with Gasteiger partial charge in [-0.1, -0.05) is 84.3 Å².